The van der Waals surface area contributed by atoms with E-state index >= 15 is 0 Å². The number of hydrogen-bond donors (Lipinski definition) is 0. The molecule has 1 aromatic carbocycles. The first kappa shape index (κ1) is 13.5. The summed E-state index contributed by atoms with van der Waals surface area (Å²) >= 11 is 8.10. The maximum Gasteiger partial charge on any atom is 0.183 e. The van der Waals surface area contributed by atoms with Gasteiger partial charge in [0.2, 0.25) is 0 Å². The van der Waals surface area contributed by atoms with Gasteiger partial charge in [-0.05, 0) is 30.3 Å². The largest absolute Gasteiger partial charge is 0.292 e. The Morgan fingerprint density at radius 3 is 2.61 bits per heavy atom. The molecule has 94 valence electrons. The molecule has 0 saturated heterocycles. The zero-order valence-corrected chi connectivity index (χ0v) is 11.3. The Bertz CT molecular complexity index is 583. The smallest absolute Gasteiger partial charge is 0.183 e. The number of halogens is 3. The number of carbonyl (C=O) groups is 1. The number of thiophene rings is 1. The molecule has 0 aliphatic heterocycles. The molecule has 2 rings (SSSR count). The quantitative estimate of drug-likeness (QED) is 0.604. The van der Waals surface area contributed by atoms with Gasteiger partial charge in [-0.15, -0.1) is 23.1 Å². The molecule has 1 nitrogen and oxygen atoms in total. The molecule has 6 heteroatoms. The van der Waals surface area contributed by atoms with E-state index in [1.165, 1.54) is 17.4 Å². The van der Waals surface area contributed by atoms with Crippen LogP contribution in [-0.2, 0) is 0 Å². The Labute approximate surface area is 116 Å². The zero-order chi connectivity index (χ0) is 13.1. The van der Waals surface area contributed by atoms with E-state index in [-0.39, 0.29) is 11.5 Å². The molecule has 18 heavy (non-hydrogen) atoms. The molecular weight excluding hydrogens is 298 g/mol. The fraction of sp³-hybridized carbons (Fsp3) is 0.0833. The standard InChI is InChI=1S/C12H7ClF2OS2/c13-12-4-3-11(18-12)10(16)6-17-7-1-2-8(14)9(15)5-7/h1-5H,6H2. The number of carbonyl (C=O) groups excluding carboxylic acids is 1. The topological polar surface area (TPSA) is 17.1 Å². The van der Waals surface area contributed by atoms with E-state index in [0.717, 1.165) is 23.9 Å². The predicted octanol–water partition coefficient (Wildman–Crippen LogP) is 4.65. The van der Waals surface area contributed by atoms with Crippen LogP contribution in [0.25, 0.3) is 0 Å². The van der Waals surface area contributed by atoms with Crippen LogP contribution in [0.3, 0.4) is 0 Å². The van der Waals surface area contributed by atoms with Crippen molar-refractivity contribution in [2.24, 2.45) is 0 Å². The third-order valence-corrected chi connectivity index (χ3v) is 4.38. The second-order valence-corrected chi connectivity index (χ2v) is 6.16. The first-order valence-electron chi connectivity index (χ1n) is 4.92. The number of rotatable bonds is 4. The SMILES string of the molecule is O=C(CSc1ccc(F)c(F)c1)c1ccc(Cl)s1. The molecule has 0 aliphatic rings. The van der Waals surface area contributed by atoms with Crippen LogP contribution in [0.5, 0.6) is 0 Å². The summed E-state index contributed by atoms with van der Waals surface area (Å²) in [7, 11) is 0. The fourth-order valence-corrected chi connectivity index (χ4v) is 3.13. The molecule has 0 fully saturated rings. The van der Waals surface area contributed by atoms with E-state index < -0.39 is 11.6 Å². The summed E-state index contributed by atoms with van der Waals surface area (Å²) in [4.78, 5) is 12.8. The van der Waals surface area contributed by atoms with Crippen LogP contribution in [0.2, 0.25) is 4.34 Å². The summed E-state index contributed by atoms with van der Waals surface area (Å²) in [5, 5.41) is 0. The number of hydrogen-bond acceptors (Lipinski definition) is 3. The molecule has 0 unspecified atom stereocenters. The molecule has 0 atom stereocenters. The number of Topliss-reactive ketones (excluding diaryl/α,β-unsaturated/α-hetero) is 1. The maximum absolute atomic E-state index is 12.9. The molecule has 0 spiro atoms. The molecule has 0 amide bonds. The van der Waals surface area contributed by atoms with E-state index in [1.807, 2.05) is 0 Å². The molecule has 1 heterocycles. The van der Waals surface area contributed by atoms with E-state index in [4.69, 9.17) is 11.6 Å². The van der Waals surface area contributed by atoms with Gasteiger partial charge in [-0.3, -0.25) is 4.79 Å². The minimum atomic E-state index is -0.911. The summed E-state index contributed by atoms with van der Waals surface area (Å²) in [6, 6.07) is 6.87. The van der Waals surface area contributed by atoms with Crippen molar-refractivity contribution in [3.8, 4) is 0 Å². The number of benzene rings is 1. The van der Waals surface area contributed by atoms with Crippen LogP contribution in [-0.4, -0.2) is 11.5 Å². The van der Waals surface area contributed by atoms with Crippen molar-refractivity contribution in [1.29, 1.82) is 0 Å². The van der Waals surface area contributed by atoms with Crippen LogP contribution in [0.15, 0.2) is 35.2 Å². The minimum Gasteiger partial charge on any atom is -0.292 e. The van der Waals surface area contributed by atoms with Crippen LogP contribution < -0.4 is 0 Å². The van der Waals surface area contributed by atoms with Gasteiger partial charge >= 0.3 is 0 Å². The zero-order valence-electron chi connectivity index (χ0n) is 8.95. The van der Waals surface area contributed by atoms with Crippen molar-refractivity contribution < 1.29 is 13.6 Å². The van der Waals surface area contributed by atoms with E-state index in [9.17, 15) is 13.6 Å². The normalized spacial score (nSPS) is 10.6. The molecule has 0 saturated carbocycles. The van der Waals surface area contributed by atoms with Gasteiger partial charge in [0.1, 0.15) is 0 Å². The van der Waals surface area contributed by atoms with Gasteiger partial charge in [0.25, 0.3) is 0 Å². The van der Waals surface area contributed by atoms with Crippen molar-refractivity contribution in [3.05, 3.63) is 51.2 Å². The van der Waals surface area contributed by atoms with Crippen molar-refractivity contribution >= 4 is 40.5 Å². The van der Waals surface area contributed by atoms with Gasteiger partial charge in [0, 0.05) is 4.90 Å². The van der Waals surface area contributed by atoms with Crippen molar-refractivity contribution in [3.63, 3.8) is 0 Å². The highest BCUT2D eigenvalue weighted by atomic mass is 35.5. The second-order valence-electron chi connectivity index (χ2n) is 3.39. The monoisotopic (exact) mass is 304 g/mol. The Morgan fingerprint density at radius 1 is 1.22 bits per heavy atom. The van der Waals surface area contributed by atoms with Gasteiger partial charge in [-0.1, -0.05) is 11.6 Å². The number of ketones is 1. The van der Waals surface area contributed by atoms with Gasteiger partial charge in [-0.25, -0.2) is 8.78 Å². The van der Waals surface area contributed by atoms with Crippen LogP contribution >= 0.6 is 34.7 Å². The third-order valence-electron chi connectivity index (χ3n) is 2.11. The van der Waals surface area contributed by atoms with Crippen LogP contribution in [0.4, 0.5) is 8.78 Å². The lowest BCUT2D eigenvalue weighted by atomic mass is 10.3. The molecule has 0 bridgehead atoms. The molecule has 0 N–H and O–H groups in total. The van der Waals surface area contributed by atoms with Gasteiger partial charge in [-0.2, -0.15) is 0 Å². The average molecular weight is 305 g/mol. The van der Waals surface area contributed by atoms with Crippen molar-refractivity contribution in [1.82, 2.24) is 0 Å². The maximum atomic E-state index is 12.9. The highest BCUT2D eigenvalue weighted by Crippen LogP contribution is 2.25. The summed E-state index contributed by atoms with van der Waals surface area (Å²) in [6.07, 6.45) is 0. The lowest BCUT2D eigenvalue weighted by Gasteiger charge is -2.00. The molecular formula is C12H7ClF2OS2. The summed E-state index contributed by atoms with van der Waals surface area (Å²) in [5.74, 6) is -1.72. The van der Waals surface area contributed by atoms with Gasteiger partial charge in [0.05, 0.1) is 15.0 Å². The van der Waals surface area contributed by atoms with Gasteiger partial charge < -0.3 is 0 Å². The Kier molecular flexibility index (Phi) is 4.37. The molecule has 2 aromatic rings. The Balaban J connectivity index is 1.99. The molecule has 0 aliphatic carbocycles. The summed E-state index contributed by atoms with van der Waals surface area (Å²) < 4.78 is 26.2. The molecule has 0 radical (unpaired) electrons. The third kappa shape index (κ3) is 3.31. The number of thioether (sulfide) groups is 1. The van der Waals surface area contributed by atoms with Crippen molar-refractivity contribution in [2.45, 2.75) is 4.90 Å². The Hall–Kier alpha value is -0.910. The van der Waals surface area contributed by atoms with Crippen LogP contribution in [0, 0.1) is 11.6 Å². The van der Waals surface area contributed by atoms with E-state index in [0.29, 0.717) is 14.1 Å². The van der Waals surface area contributed by atoms with Crippen LogP contribution in [0.1, 0.15) is 9.67 Å². The fourth-order valence-electron chi connectivity index (χ4n) is 1.25. The first-order chi connectivity index (χ1) is 8.56. The van der Waals surface area contributed by atoms with E-state index in [1.54, 1.807) is 12.1 Å². The lowest BCUT2D eigenvalue weighted by molar-refractivity contribution is 0.102. The molecule has 1 aromatic heterocycles. The van der Waals surface area contributed by atoms with Crippen molar-refractivity contribution in [2.75, 3.05) is 5.75 Å². The average Bonchev–Trinajstić information content (AvgIpc) is 2.77. The second kappa shape index (κ2) is 5.82. The Morgan fingerprint density at radius 2 is 2.00 bits per heavy atom. The predicted molar refractivity (Wildman–Crippen MR) is 70.7 cm³/mol. The lowest BCUT2D eigenvalue weighted by Crippen LogP contribution is -1.99. The first-order valence-corrected chi connectivity index (χ1v) is 7.10. The van der Waals surface area contributed by atoms with E-state index in [2.05, 4.69) is 0 Å². The highest BCUT2D eigenvalue weighted by Gasteiger charge is 2.10. The summed E-state index contributed by atoms with van der Waals surface area (Å²) in [5.41, 5.74) is 0. The summed E-state index contributed by atoms with van der Waals surface area (Å²) in [6.45, 7) is 0. The highest BCUT2D eigenvalue weighted by molar-refractivity contribution is 8.00. The minimum absolute atomic E-state index is 0.0818. The van der Waals surface area contributed by atoms with Gasteiger partial charge in [0.15, 0.2) is 17.4 Å².